The first-order valence-corrected chi connectivity index (χ1v) is 11.9. The van der Waals surface area contributed by atoms with Crippen molar-refractivity contribution in [2.75, 3.05) is 0 Å². The molecule has 1 aromatic heterocycles. The van der Waals surface area contributed by atoms with Gasteiger partial charge in [-0.3, -0.25) is 0 Å². The molecule has 0 amide bonds. The number of aryl methyl sites for hydroxylation is 5. The zero-order valence-corrected chi connectivity index (χ0v) is 19.0. The SMILES string of the molecule is Cc1cc(-c2c(C)cccc2C)[s+]c(-c2c(C)cccc2C)c1.F[P-](F)(F)(F)(F)F. The molecule has 0 aliphatic carbocycles. The fourth-order valence-corrected chi connectivity index (χ4v) is 4.86. The van der Waals surface area contributed by atoms with Crippen molar-refractivity contribution in [1.82, 2.24) is 0 Å². The number of hydrogen-bond donors (Lipinski definition) is 0. The van der Waals surface area contributed by atoms with Crippen LogP contribution in [-0.4, -0.2) is 0 Å². The van der Waals surface area contributed by atoms with Crippen molar-refractivity contribution in [3.05, 3.63) is 76.3 Å². The molecule has 0 radical (unpaired) electrons. The van der Waals surface area contributed by atoms with Crippen LogP contribution in [0.15, 0.2) is 48.5 Å². The molecule has 0 saturated heterocycles. The molecular formula is C22H23F6PS. The third-order valence-electron chi connectivity index (χ3n) is 4.39. The normalized spacial score (nSPS) is 13.7. The second-order valence-electron chi connectivity index (χ2n) is 7.36. The van der Waals surface area contributed by atoms with Crippen LogP contribution in [0.4, 0.5) is 25.2 Å². The Morgan fingerprint density at radius 2 is 0.833 bits per heavy atom. The van der Waals surface area contributed by atoms with E-state index in [0.29, 0.717) is 0 Å². The number of rotatable bonds is 2. The molecule has 0 bridgehead atoms. The maximum absolute atomic E-state index is 10.7. The fourth-order valence-electron chi connectivity index (χ4n) is 3.29. The van der Waals surface area contributed by atoms with Crippen molar-refractivity contribution < 1.29 is 25.2 Å². The van der Waals surface area contributed by atoms with E-state index in [9.17, 15) is 25.2 Å². The van der Waals surface area contributed by atoms with Gasteiger partial charge in [-0.1, -0.05) is 36.4 Å². The Morgan fingerprint density at radius 3 is 1.10 bits per heavy atom. The summed E-state index contributed by atoms with van der Waals surface area (Å²) in [6.07, 6.45) is 0. The van der Waals surface area contributed by atoms with Crippen molar-refractivity contribution in [3.63, 3.8) is 0 Å². The summed E-state index contributed by atoms with van der Waals surface area (Å²) < 4.78 is 59.2. The summed E-state index contributed by atoms with van der Waals surface area (Å²) >= 11 is 1.90. The summed E-state index contributed by atoms with van der Waals surface area (Å²) in [6.45, 7) is 11.0. The van der Waals surface area contributed by atoms with Crippen LogP contribution in [0.5, 0.6) is 0 Å². The monoisotopic (exact) mass is 464 g/mol. The summed E-state index contributed by atoms with van der Waals surface area (Å²) in [7, 11) is -10.7. The standard InChI is InChI=1S/C22H23S.F6P/c1-14-12-19(21-15(2)8-6-9-16(21)3)23-20(13-14)22-17(4)10-7-11-18(22)5;1-7(2,3,4,5)6/h6-13H,1-5H3;/q+1;-1. The van der Waals surface area contributed by atoms with Gasteiger partial charge in [0.25, 0.3) is 0 Å². The van der Waals surface area contributed by atoms with Gasteiger partial charge in [-0.15, -0.1) is 0 Å². The predicted octanol–water partition coefficient (Wildman–Crippen LogP) is 10.3. The Balaban J connectivity index is 0.000000396. The zero-order valence-electron chi connectivity index (χ0n) is 17.2. The molecule has 2 aromatic carbocycles. The van der Waals surface area contributed by atoms with Crippen molar-refractivity contribution >= 4 is 19.1 Å². The summed E-state index contributed by atoms with van der Waals surface area (Å²) in [4.78, 5) is 2.72. The first-order chi connectivity index (χ1) is 13.4. The Kier molecular flexibility index (Phi) is 6.16. The second kappa shape index (κ2) is 7.61. The number of benzene rings is 2. The fraction of sp³-hybridized carbons (Fsp3) is 0.227. The summed E-state index contributed by atoms with van der Waals surface area (Å²) in [5, 5.41) is 0. The number of hydrogen-bond acceptors (Lipinski definition) is 0. The minimum atomic E-state index is -10.7. The van der Waals surface area contributed by atoms with Crippen molar-refractivity contribution in [2.24, 2.45) is 0 Å². The van der Waals surface area contributed by atoms with Crippen LogP contribution in [0.1, 0.15) is 27.8 Å². The van der Waals surface area contributed by atoms with Crippen molar-refractivity contribution in [3.8, 4) is 20.9 Å². The first-order valence-electron chi connectivity index (χ1n) is 9.07. The third-order valence-corrected chi connectivity index (χ3v) is 5.48. The first kappa shape index (κ1) is 24.3. The van der Waals surface area contributed by atoms with Crippen LogP contribution >= 0.6 is 19.1 Å². The van der Waals surface area contributed by atoms with Gasteiger partial charge in [-0.2, -0.15) is 0 Å². The number of halogens is 6. The van der Waals surface area contributed by atoms with Crippen LogP contribution in [0.2, 0.25) is 0 Å². The Hall–Kier alpha value is -1.98. The minimum absolute atomic E-state index is 1.32. The van der Waals surface area contributed by atoms with E-state index in [-0.39, 0.29) is 0 Å². The van der Waals surface area contributed by atoms with Crippen LogP contribution in [-0.2, 0) is 0 Å². The predicted molar refractivity (Wildman–Crippen MR) is 117 cm³/mol. The molecule has 164 valence electrons. The Bertz CT molecular complexity index is 968. The maximum atomic E-state index is 9.87. The molecule has 0 saturated carbocycles. The molecular weight excluding hydrogens is 441 g/mol. The van der Waals surface area contributed by atoms with E-state index in [4.69, 9.17) is 0 Å². The van der Waals surface area contributed by atoms with Crippen LogP contribution < -0.4 is 0 Å². The molecule has 0 nitrogen and oxygen atoms in total. The van der Waals surface area contributed by atoms with Gasteiger partial charge in [-0.25, -0.2) is 0 Å². The van der Waals surface area contributed by atoms with Crippen LogP contribution in [0, 0.1) is 34.6 Å². The van der Waals surface area contributed by atoms with Crippen molar-refractivity contribution in [1.29, 1.82) is 0 Å². The zero-order chi connectivity index (χ0) is 23.0. The molecule has 1 heterocycles. The van der Waals surface area contributed by atoms with Crippen LogP contribution in [0.3, 0.4) is 0 Å². The van der Waals surface area contributed by atoms with E-state index < -0.39 is 7.81 Å². The van der Waals surface area contributed by atoms with Gasteiger partial charge >= 0.3 is 33.0 Å². The van der Waals surface area contributed by atoms with Gasteiger partial charge in [0, 0.05) is 23.3 Å². The molecule has 0 aliphatic rings. The molecule has 0 atom stereocenters. The van der Waals surface area contributed by atoms with E-state index in [2.05, 4.69) is 83.1 Å². The van der Waals surface area contributed by atoms with E-state index in [1.165, 1.54) is 48.7 Å². The van der Waals surface area contributed by atoms with Gasteiger partial charge < -0.3 is 0 Å². The molecule has 3 aromatic rings. The van der Waals surface area contributed by atoms with Gasteiger partial charge in [0.05, 0.1) is 0 Å². The average molecular weight is 464 g/mol. The van der Waals surface area contributed by atoms with Crippen LogP contribution in [0.25, 0.3) is 20.9 Å². The molecule has 30 heavy (non-hydrogen) atoms. The van der Waals surface area contributed by atoms with E-state index in [1.54, 1.807) is 0 Å². The molecule has 0 aliphatic heterocycles. The third kappa shape index (κ3) is 7.69. The van der Waals surface area contributed by atoms with Gasteiger partial charge in [0.15, 0.2) is 0 Å². The Labute approximate surface area is 176 Å². The molecule has 0 N–H and O–H groups in total. The molecule has 0 unspecified atom stereocenters. The summed E-state index contributed by atoms with van der Waals surface area (Å²) in [5.41, 5.74) is 9.47. The van der Waals surface area contributed by atoms with Gasteiger partial charge in [0.1, 0.15) is 0 Å². The summed E-state index contributed by atoms with van der Waals surface area (Å²) in [6, 6.07) is 17.7. The second-order valence-corrected chi connectivity index (χ2v) is 10.4. The topological polar surface area (TPSA) is 0 Å². The van der Waals surface area contributed by atoms with E-state index in [0.717, 1.165) is 0 Å². The average Bonchev–Trinajstić information content (AvgIpc) is 2.51. The van der Waals surface area contributed by atoms with Gasteiger partial charge in [-0.05, 0) is 62.4 Å². The van der Waals surface area contributed by atoms with Gasteiger partial charge in [0.2, 0.25) is 21.1 Å². The molecule has 8 heteroatoms. The van der Waals surface area contributed by atoms with E-state index in [1.807, 2.05) is 11.3 Å². The molecule has 0 fully saturated rings. The Morgan fingerprint density at radius 1 is 0.567 bits per heavy atom. The molecule has 0 spiro atoms. The quantitative estimate of drug-likeness (QED) is 0.201. The van der Waals surface area contributed by atoms with E-state index >= 15 is 0 Å². The van der Waals surface area contributed by atoms with Crippen molar-refractivity contribution in [2.45, 2.75) is 34.6 Å². The summed E-state index contributed by atoms with van der Waals surface area (Å²) in [5.74, 6) is 0. The molecule has 3 rings (SSSR count).